The molecule has 0 saturated heterocycles. The van der Waals surface area contributed by atoms with Gasteiger partial charge in [-0.1, -0.05) is 18.2 Å². The van der Waals surface area contributed by atoms with Crippen LogP contribution in [0.5, 0.6) is 5.75 Å². The van der Waals surface area contributed by atoms with Crippen molar-refractivity contribution in [1.29, 1.82) is 0 Å². The molecule has 0 aliphatic heterocycles. The second-order valence-electron chi connectivity index (χ2n) is 7.40. The fourth-order valence-corrected chi connectivity index (χ4v) is 3.59. The zero-order valence-electron chi connectivity index (χ0n) is 17.6. The number of fused-ring (bicyclic) bond motifs is 1. The van der Waals surface area contributed by atoms with E-state index >= 15 is 0 Å². The van der Waals surface area contributed by atoms with E-state index in [0.717, 1.165) is 11.1 Å². The lowest BCUT2D eigenvalue weighted by atomic mass is 10.0. The van der Waals surface area contributed by atoms with Crippen molar-refractivity contribution in [3.05, 3.63) is 94.8 Å². The number of methoxy groups -OCH3 is 1. The lowest BCUT2D eigenvalue weighted by molar-refractivity contribution is 0.102. The molecule has 2 aromatic heterocycles. The molecule has 4 rings (SSSR count). The minimum absolute atomic E-state index is 0.153. The topological polar surface area (TPSA) is 85.8 Å². The number of rotatable bonds is 5. The van der Waals surface area contributed by atoms with Gasteiger partial charge in [0.15, 0.2) is 0 Å². The highest BCUT2D eigenvalue weighted by Gasteiger charge is 2.26. The van der Waals surface area contributed by atoms with Crippen LogP contribution >= 0.6 is 0 Å². The molecule has 0 unspecified atom stereocenters. The largest absolute Gasteiger partial charge is 0.497 e. The molecular formula is C25H23N3O3. The smallest absolute Gasteiger partial charge is 0.259 e. The highest BCUT2D eigenvalue weighted by atomic mass is 16.5. The fourth-order valence-electron chi connectivity index (χ4n) is 3.59. The quantitative estimate of drug-likeness (QED) is 0.467. The number of nitrogen functional groups attached to an aromatic ring is 1. The molecule has 6 heteroatoms. The Balaban J connectivity index is 1.78. The predicted octanol–water partition coefficient (Wildman–Crippen LogP) is 4.63. The van der Waals surface area contributed by atoms with Gasteiger partial charge in [-0.15, -0.1) is 0 Å². The number of hydrogen-bond donors (Lipinski definition) is 2. The number of hydrogen-bond acceptors (Lipinski definition) is 4. The van der Waals surface area contributed by atoms with Crippen molar-refractivity contribution < 1.29 is 14.3 Å². The molecule has 3 N–H and O–H groups in total. The van der Waals surface area contributed by atoms with E-state index in [-0.39, 0.29) is 28.6 Å². The Bertz CT molecular complexity index is 1300. The molecular weight excluding hydrogens is 390 g/mol. The summed E-state index contributed by atoms with van der Waals surface area (Å²) in [7, 11) is 1.58. The van der Waals surface area contributed by atoms with E-state index in [0.29, 0.717) is 22.5 Å². The average molecular weight is 413 g/mol. The Morgan fingerprint density at radius 3 is 2.39 bits per heavy atom. The third kappa shape index (κ3) is 3.64. The molecule has 6 nitrogen and oxygen atoms in total. The van der Waals surface area contributed by atoms with Crippen LogP contribution in [-0.2, 0) is 0 Å². The predicted molar refractivity (Wildman–Crippen MR) is 122 cm³/mol. The Morgan fingerprint density at radius 2 is 1.71 bits per heavy atom. The van der Waals surface area contributed by atoms with Crippen molar-refractivity contribution in [2.75, 3.05) is 18.2 Å². The number of nitrogens with zero attached hydrogens (tertiary/aromatic N) is 1. The van der Waals surface area contributed by atoms with Crippen LogP contribution in [-0.4, -0.2) is 23.2 Å². The maximum Gasteiger partial charge on any atom is 0.259 e. The fraction of sp³-hybridized carbons (Fsp3) is 0.120. The summed E-state index contributed by atoms with van der Waals surface area (Å²) in [5.41, 5.74) is 10.9. The first-order chi connectivity index (χ1) is 14.9. The van der Waals surface area contributed by atoms with Crippen LogP contribution in [0.15, 0.2) is 66.9 Å². The van der Waals surface area contributed by atoms with Gasteiger partial charge in [-0.25, -0.2) is 0 Å². The monoisotopic (exact) mass is 413 g/mol. The standard InChI is InChI=1S/C25H23N3O3/c1-15-7-8-17(14-16(15)2)24(29)23-22(26)21(20-6-4-5-13-28(20)23)25(30)27-18-9-11-19(31-3)12-10-18/h4-14H,26H2,1-3H3,(H,27,30). The van der Waals surface area contributed by atoms with Crippen LogP contribution in [0, 0.1) is 13.8 Å². The van der Waals surface area contributed by atoms with Gasteiger partial charge in [0.05, 0.1) is 23.9 Å². The van der Waals surface area contributed by atoms with Gasteiger partial charge in [0.1, 0.15) is 11.4 Å². The van der Waals surface area contributed by atoms with Crippen LogP contribution in [0.3, 0.4) is 0 Å². The number of ether oxygens (including phenoxy) is 1. The first-order valence-corrected chi connectivity index (χ1v) is 9.86. The van der Waals surface area contributed by atoms with Gasteiger partial charge in [-0.2, -0.15) is 0 Å². The van der Waals surface area contributed by atoms with E-state index in [1.807, 2.05) is 32.0 Å². The van der Waals surface area contributed by atoms with Crippen LogP contribution in [0.4, 0.5) is 11.4 Å². The molecule has 0 atom stereocenters. The number of anilines is 2. The molecule has 0 fully saturated rings. The lowest BCUT2D eigenvalue weighted by Crippen LogP contribution is -2.14. The van der Waals surface area contributed by atoms with Gasteiger partial charge in [-0.3, -0.25) is 9.59 Å². The summed E-state index contributed by atoms with van der Waals surface area (Å²) in [6.45, 7) is 3.95. The van der Waals surface area contributed by atoms with Crippen molar-refractivity contribution in [3.63, 3.8) is 0 Å². The zero-order valence-corrected chi connectivity index (χ0v) is 17.6. The minimum atomic E-state index is -0.384. The molecule has 2 heterocycles. The van der Waals surface area contributed by atoms with Crippen molar-refractivity contribution in [1.82, 2.24) is 4.40 Å². The molecule has 0 aliphatic carbocycles. The van der Waals surface area contributed by atoms with Crippen LogP contribution in [0.25, 0.3) is 5.52 Å². The van der Waals surface area contributed by atoms with Crippen LogP contribution in [0.1, 0.15) is 37.5 Å². The van der Waals surface area contributed by atoms with E-state index in [1.165, 1.54) is 0 Å². The van der Waals surface area contributed by atoms with Crippen molar-refractivity contribution >= 4 is 28.6 Å². The van der Waals surface area contributed by atoms with Gasteiger partial charge < -0.3 is 20.2 Å². The molecule has 0 saturated carbocycles. The summed E-state index contributed by atoms with van der Waals surface area (Å²) in [4.78, 5) is 26.5. The Hall–Kier alpha value is -4.06. The number of carbonyl (C=O) groups is 2. The molecule has 0 aliphatic rings. The summed E-state index contributed by atoms with van der Waals surface area (Å²) in [6.07, 6.45) is 1.74. The Kier molecular flexibility index (Phi) is 5.21. The highest BCUT2D eigenvalue weighted by molar-refractivity contribution is 6.20. The van der Waals surface area contributed by atoms with E-state index in [4.69, 9.17) is 10.5 Å². The SMILES string of the molecule is COc1ccc(NC(=O)c2c(N)c(C(=O)c3ccc(C)c(C)c3)n3ccccc23)cc1. The molecule has 156 valence electrons. The zero-order chi connectivity index (χ0) is 22.1. The molecule has 0 spiro atoms. The second-order valence-corrected chi connectivity index (χ2v) is 7.40. The molecule has 0 bridgehead atoms. The van der Waals surface area contributed by atoms with E-state index in [1.54, 1.807) is 60.2 Å². The van der Waals surface area contributed by atoms with Gasteiger partial charge in [0, 0.05) is 17.4 Å². The van der Waals surface area contributed by atoms with Crippen molar-refractivity contribution in [3.8, 4) is 5.75 Å². The Labute approximate surface area is 180 Å². The number of amides is 1. The van der Waals surface area contributed by atoms with Gasteiger partial charge in [-0.05, 0) is 67.4 Å². The lowest BCUT2D eigenvalue weighted by Gasteiger charge is -2.07. The summed E-state index contributed by atoms with van der Waals surface area (Å²) in [5, 5.41) is 2.85. The third-order valence-electron chi connectivity index (χ3n) is 5.44. The van der Waals surface area contributed by atoms with E-state index < -0.39 is 0 Å². The normalized spacial score (nSPS) is 10.8. The average Bonchev–Trinajstić information content (AvgIpc) is 3.07. The van der Waals surface area contributed by atoms with Crippen molar-refractivity contribution in [2.24, 2.45) is 0 Å². The molecule has 31 heavy (non-hydrogen) atoms. The Morgan fingerprint density at radius 1 is 0.968 bits per heavy atom. The number of carbonyl (C=O) groups excluding carboxylic acids is 2. The number of benzene rings is 2. The molecule has 2 aromatic carbocycles. The van der Waals surface area contributed by atoms with Gasteiger partial charge in [0.25, 0.3) is 5.91 Å². The van der Waals surface area contributed by atoms with Crippen LogP contribution in [0.2, 0.25) is 0 Å². The van der Waals surface area contributed by atoms with Crippen molar-refractivity contribution in [2.45, 2.75) is 13.8 Å². The number of ketones is 1. The maximum absolute atomic E-state index is 13.4. The number of pyridine rings is 1. The summed E-state index contributed by atoms with van der Waals surface area (Å²) in [5.74, 6) is 0.0731. The highest BCUT2D eigenvalue weighted by Crippen LogP contribution is 2.30. The third-order valence-corrected chi connectivity index (χ3v) is 5.44. The van der Waals surface area contributed by atoms with Gasteiger partial charge in [0.2, 0.25) is 5.78 Å². The first kappa shape index (κ1) is 20.2. The summed E-state index contributed by atoms with van der Waals surface area (Å²) in [6, 6.07) is 17.9. The number of nitrogens with one attached hydrogen (secondary N) is 1. The number of aromatic nitrogens is 1. The van der Waals surface area contributed by atoms with E-state index in [9.17, 15) is 9.59 Å². The van der Waals surface area contributed by atoms with Crippen LogP contribution < -0.4 is 15.8 Å². The number of aryl methyl sites for hydroxylation is 2. The molecule has 1 amide bonds. The first-order valence-electron chi connectivity index (χ1n) is 9.86. The second kappa shape index (κ2) is 7.99. The molecule has 4 aromatic rings. The molecule has 0 radical (unpaired) electrons. The minimum Gasteiger partial charge on any atom is -0.497 e. The number of nitrogens with two attached hydrogens (primary N) is 1. The summed E-state index contributed by atoms with van der Waals surface area (Å²) >= 11 is 0. The van der Waals surface area contributed by atoms with E-state index in [2.05, 4.69) is 5.32 Å². The summed E-state index contributed by atoms with van der Waals surface area (Å²) < 4.78 is 6.83. The maximum atomic E-state index is 13.4. The van der Waals surface area contributed by atoms with Gasteiger partial charge >= 0.3 is 0 Å².